The number of benzene rings is 2. The second-order valence-corrected chi connectivity index (χ2v) is 8.13. The van der Waals surface area contributed by atoms with Crippen molar-refractivity contribution in [2.75, 3.05) is 0 Å². The molecule has 2 aliphatic rings. The first-order valence-corrected chi connectivity index (χ1v) is 9.28. The topological polar surface area (TPSA) is 20.2 Å². The Morgan fingerprint density at radius 2 is 1.43 bits per heavy atom. The molecule has 0 unspecified atom stereocenters. The second kappa shape index (κ2) is 5.44. The number of hydrogen-bond donors (Lipinski definition) is 1. The minimum Gasteiger partial charge on any atom is -0.376 e. The summed E-state index contributed by atoms with van der Waals surface area (Å²) in [6.07, 6.45) is 6.11. The van der Waals surface area contributed by atoms with Gasteiger partial charge in [0.25, 0.3) is 0 Å². The fourth-order valence-corrected chi connectivity index (χ4v) is 4.36. The highest BCUT2D eigenvalue weighted by atomic mass is 79.9. The molecule has 0 aliphatic heterocycles. The van der Waals surface area contributed by atoms with Crippen LogP contribution in [-0.2, 0) is 5.60 Å². The Balaban J connectivity index is 2.03. The Hall–Kier alpha value is -1.16. The quantitative estimate of drug-likeness (QED) is 0.578. The lowest BCUT2D eigenvalue weighted by Crippen LogP contribution is -2.28. The van der Waals surface area contributed by atoms with Gasteiger partial charge in [-0.3, -0.25) is 0 Å². The second-order valence-electron chi connectivity index (χ2n) is 6.30. The highest BCUT2D eigenvalue weighted by molar-refractivity contribution is 9.10. The summed E-state index contributed by atoms with van der Waals surface area (Å²) in [5.41, 5.74) is 5.56. The minimum atomic E-state index is -1.05. The normalized spacial score (nSPS) is 18.1. The van der Waals surface area contributed by atoms with Crippen LogP contribution in [0.1, 0.15) is 30.9 Å². The van der Waals surface area contributed by atoms with Gasteiger partial charge in [0.2, 0.25) is 0 Å². The number of aliphatic hydroxyl groups is 1. The molecule has 0 heterocycles. The van der Waals surface area contributed by atoms with Crippen molar-refractivity contribution < 1.29 is 5.11 Å². The fraction of sp³-hybridized carbons (Fsp3) is 0.200. The molecule has 116 valence electrons. The fourth-order valence-electron chi connectivity index (χ4n) is 3.64. The van der Waals surface area contributed by atoms with Gasteiger partial charge in [0, 0.05) is 20.1 Å². The van der Waals surface area contributed by atoms with Crippen LogP contribution in [0.3, 0.4) is 0 Å². The lowest BCUT2D eigenvalue weighted by Gasteiger charge is -2.31. The first-order valence-electron chi connectivity index (χ1n) is 7.70. The Morgan fingerprint density at radius 1 is 0.870 bits per heavy atom. The van der Waals surface area contributed by atoms with Crippen LogP contribution >= 0.6 is 31.9 Å². The van der Waals surface area contributed by atoms with Crippen molar-refractivity contribution >= 4 is 31.9 Å². The number of fused-ring (bicyclic) bond motifs is 3. The van der Waals surface area contributed by atoms with E-state index in [0.717, 1.165) is 49.6 Å². The van der Waals surface area contributed by atoms with E-state index in [9.17, 15) is 5.11 Å². The van der Waals surface area contributed by atoms with Crippen LogP contribution in [0.15, 0.2) is 68.6 Å². The predicted molar refractivity (Wildman–Crippen MR) is 101 cm³/mol. The van der Waals surface area contributed by atoms with Gasteiger partial charge in [-0.05, 0) is 60.7 Å². The van der Waals surface area contributed by atoms with Gasteiger partial charge in [0.15, 0.2) is 0 Å². The smallest absolute Gasteiger partial charge is 0.138 e. The number of halogens is 2. The van der Waals surface area contributed by atoms with E-state index in [2.05, 4.69) is 75.2 Å². The van der Waals surface area contributed by atoms with E-state index in [-0.39, 0.29) is 0 Å². The van der Waals surface area contributed by atoms with Gasteiger partial charge in [-0.15, -0.1) is 0 Å². The van der Waals surface area contributed by atoms with Crippen LogP contribution in [0, 0.1) is 0 Å². The minimum absolute atomic E-state index is 0.886. The van der Waals surface area contributed by atoms with E-state index in [0.29, 0.717) is 0 Å². The van der Waals surface area contributed by atoms with E-state index >= 15 is 0 Å². The summed E-state index contributed by atoms with van der Waals surface area (Å²) < 4.78 is 1.98. The van der Waals surface area contributed by atoms with Gasteiger partial charge >= 0.3 is 0 Å². The summed E-state index contributed by atoms with van der Waals surface area (Å²) in [7, 11) is 0. The van der Waals surface area contributed by atoms with Crippen molar-refractivity contribution in [1.29, 1.82) is 0 Å². The third kappa shape index (κ3) is 2.29. The molecular weight excluding hydrogens is 416 g/mol. The number of hydrogen-bond acceptors (Lipinski definition) is 1. The van der Waals surface area contributed by atoms with Crippen LogP contribution in [0.25, 0.3) is 11.1 Å². The largest absolute Gasteiger partial charge is 0.376 e. The molecule has 0 bridgehead atoms. The molecule has 4 rings (SSSR count). The van der Waals surface area contributed by atoms with Gasteiger partial charge in [-0.25, -0.2) is 0 Å². The van der Waals surface area contributed by atoms with E-state index in [1.165, 1.54) is 5.57 Å². The van der Waals surface area contributed by atoms with Gasteiger partial charge in [0.1, 0.15) is 5.60 Å². The molecule has 1 nitrogen and oxygen atoms in total. The Labute approximate surface area is 153 Å². The predicted octanol–water partition coefficient (Wildman–Crippen LogP) is 6.09. The van der Waals surface area contributed by atoms with Crippen LogP contribution in [-0.4, -0.2) is 5.11 Å². The molecule has 0 saturated carbocycles. The highest BCUT2D eigenvalue weighted by Gasteiger charge is 2.44. The average Bonchev–Trinajstić information content (AvgIpc) is 2.78. The third-order valence-electron chi connectivity index (χ3n) is 4.86. The molecule has 0 spiro atoms. The Kier molecular flexibility index (Phi) is 3.63. The lowest BCUT2D eigenvalue weighted by atomic mass is 9.79. The van der Waals surface area contributed by atoms with Crippen molar-refractivity contribution in [2.45, 2.75) is 25.4 Å². The molecule has 2 aliphatic carbocycles. The summed E-state index contributed by atoms with van der Waals surface area (Å²) in [5, 5.41) is 11.8. The van der Waals surface area contributed by atoms with Crippen LogP contribution < -0.4 is 0 Å². The van der Waals surface area contributed by atoms with Crippen LogP contribution in [0.2, 0.25) is 0 Å². The van der Waals surface area contributed by atoms with Crippen LogP contribution in [0.5, 0.6) is 0 Å². The molecule has 3 heteroatoms. The molecule has 2 aromatic carbocycles. The van der Waals surface area contributed by atoms with E-state index in [4.69, 9.17) is 0 Å². The average molecular weight is 432 g/mol. The maximum absolute atomic E-state index is 11.8. The number of allylic oxidation sites excluding steroid dienone is 3. The standard InChI is InChI=1S/C20H16Br2O/c1-12-2-4-13(5-3-12)20(23)18-10-14(21)6-8-16(18)17-9-7-15(22)11-19(17)20/h2,4,6-11,23H,3,5H2,1H3. The maximum atomic E-state index is 11.8. The zero-order chi connectivity index (χ0) is 16.2. The summed E-state index contributed by atoms with van der Waals surface area (Å²) in [6.45, 7) is 2.14. The Bertz CT molecular complexity index is 826. The maximum Gasteiger partial charge on any atom is 0.138 e. The van der Waals surface area contributed by atoms with E-state index in [1.54, 1.807) is 0 Å². The van der Waals surface area contributed by atoms with Crippen LogP contribution in [0.4, 0.5) is 0 Å². The Morgan fingerprint density at radius 3 is 1.91 bits per heavy atom. The van der Waals surface area contributed by atoms with Crippen molar-refractivity contribution in [3.05, 3.63) is 79.8 Å². The first-order chi connectivity index (χ1) is 11.0. The molecule has 0 radical (unpaired) electrons. The lowest BCUT2D eigenvalue weighted by molar-refractivity contribution is 0.121. The monoisotopic (exact) mass is 430 g/mol. The zero-order valence-corrected chi connectivity index (χ0v) is 15.9. The summed E-state index contributed by atoms with van der Waals surface area (Å²) in [4.78, 5) is 0. The molecule has 0 atom stereocenters. The first kappa shape index (κ1) is 15.4. The summed E-state index contributed by atoms with van der Waals surface area (Å²) in [5.74, 6) is 0. The summed E-state index contributed by atoms with van der Waals surface area (Å²) >= 11 is 7.12. The van der Waals surface area contributed by atoms with Gasteiger partial charge in [0.05, 0.1) is 0 Å². The molecule has 2 aromatic rings. The molecule has 0 fully saturated rings. The van der Waals surface area contributed by atoms with Gasteiger partial charge in [-0.2, -0.15) is 0 Å². The van der Waals surface area contributed by atoms with Crippen molar-refractivity contribution in [2.24, 2.45) is 0 Å². The SMILES string of the molecule is CC1=CC=C(C2(O)c3cc(Br)ccc3-c3ccc(Br)cc32)CC1. The van der Waals surface area contributed by atoms with Crippen molar-refractivity contribution in [3.63, 3.8) is 0 Å². The van der Waals surface area contributed by atoms with E-state index in [1.807, 2.05) is 12.1 Å². The van der Waals surface area contributed by atoms with Gasteiger partial charge in [-0.1, -0.05) is 61.7 Å². The third-order valence-corrected chi connectivity index (χ3v) is 5.84. The molecule has 0 aromatic heterocycles. The molecule has 0 saturated heterocycles. The number of rotatable bonds is 1. The van der Waals surface area contributed by atoms with E-state index < -0.39 is 5.60 Å². The zero-order valence-electron chi connectivity index (χ0n) is 12.7. The summed E-state index contributed by atoms with van der Waals surface area (Å²) in [6, 6.07) is 12.4. The van der Waals surface area contributed by atoms with Crippen molar-refractivity contribution in [3.8, 4) is 11.1 Å². The van der Waals surface area contributed by atoms with Gasteiger partial charge < -0.3 is 5.11 Å². The molecule has 23 heavy (non-hydrogen) atoms. The molecular formula is C20H16Br2O. The highest BCUT2D eigenvalue weighted by Crippen LogP contribution is 2.53. The molecule has 0 amide bonds. The molecule has 1 N–H and O–H groups in total. The van der Waals surface area contributed by atoms with Crippen molar-refractivity contribution in [1.82, 2.24) is 0 Å².